The molecule has 3 amide bonds. The van der Waals surface area contributed by atoms with E-state index in [-0.39, 0.29) is 11.4 Å². The fraction of sp³-hybridized carbons (Fsp3) is 0.118. The molecule has 0 spiro atoms. The molecule has 0 unspecified atom stereocenters. The Morgan fingerprint density at radius 3 is 2.63 bits per heavy atom. The minimum Gasteiger partial charge on any atom is -0.320 e. The fourth-order valence-corrected chi connectivity index (χ4v) is 2.69. The molecule has 3 rings (SSSR count). The minimum atomic E-state index is -4.66. The van der Waals surface area contributed by atoms with Crippen LogP contribution in [0.1, 0.15) is 16.7 Å². The van der Waals surface area contributed by atoms with Crippen LogP contribution in [0.3, 0.4) is 0 Å². The number of fused-ring (bicyclic) bond motifs is 1. The third kappa shape index (κ3) is 4.03. The van der Waals surface area contributed by atoms with Crippen LogP contribution in [-0.2, 0) is 11.0 Å². The number of alkyl halides is 3. The average molecular weight is 397 g/mol. The number of nitrogens with one attached hydrogen (secondary N) is 3. The normalized spacial score (nSPS) is 14.7. The number of carbonyl (C=O) groups is 2. The molecule has 1 aliphatic rings. The second-order valence-electron chi connectivity index (χ2n) is 5.72. The predicted octanol–water partition coefficient (Wildman–Crippen LogP) is 4.15. The van der Waals surface area contributed by atoms with Crippen molar-refractivity contribution in [3.05, 3.63) is 58.1 Å². The molecule has 2 aromatic rings. The first kappa shape index (κ1) is 18.7. The molecule has 3 N–H and O–H groups in total. The Morgan fingerprint density at radius 1 is 1.19 bits per heavy atom. The van der Waals surface area contributed by atoms with Gasteiger partial charge in [-0.25, -0.2) is 10.2 Å². The van der Waals surface area contributed by atoms with E-state index in [0.717, 1.165) is 11.6 Å². The van der Waals surface area contributed by atoms with Gasteiger partial charge in [0.05, 0.1) is 16.3 Å². The number of benzene rings is 2. The summed E-state index contributed by atoms with van der Waals surface area (Å²) in [5.74, 6) is -0.498. The molecule has 0 aromatic heterocycles. The maximum atomic E-state index is 12.9. The Hall–Kier alpha value is -3.07. The molecular formula is C17H12ClF3N4O2. The first-order valence-corrected chi connectivity index (χ1v) is 7.97. The highest BCUT2D eigenvalue weighted by atomic mass is 35.5. The Kier molecular flexibility index (Phi) is 4.79. The molecule has 0 fully saturated rings. The van der Waals surface area contributed by atoms with Crippen LogP contribution < -0.4 is 16.1 Å². The number of urea groups is 1. The maximum Gasteiger partial charge on any atom is 0.417 e. The summed E-state index contributed by atoms with van der Waals surface area (Å²) in [4.78, 5) is 23.9. The summed E-state index contributed by atoms with van der Waals surface area (Å²) < 4.78 is 38.6. The molecule has 2 aromatic carbocycles. The smallest absolute Gasteiger partial charge is 0.320 e. The number of hydrogen-bond acceptors (Lipinski definition) is 3. The van der Waals surface area contributed by atoms with Crippen LogP contribution in [0.4, 0.5) is 29.3 Å². The van der Waals surface area contributed by atoms with Crippen molar-refractivity contribution >= 4 is 40.6 Å². The zero-order valence-electron chi connectivity index (χ0n) is 13.7. The number of carbonyl (C=O) groups excluding carboxylic acids is 2. The summed E-state index contributed by atoms with van der Waals surface area (Å²) in [6.07, 6.45) is -4.66. The number of nitrogens with zero attached hydrogens (tertiary/aromatic N) is 1. The van der Waals surface area contributed by atoms with Gasteiger partial charge in [-0.2, -0.15) is 18.3 Å². The number of anilines is 2. The lowest BCUT2D eigenvalue weighted by molar-refractivity contribution is -0.137. The standard InChI is InChI=1S/C17H12ClF3N4O2/c1-8-2-5-13-10(6-8)14(15(26)23-13)24-25-16(27)22-9-3-4-12(18)11(7-9)17(19,20)21/h2-7H,1H3,(H2,22,25,27)(H,23,24,26). The topological polar surface area (TPSA) is 82.6 Å². The summed E-state index contributed by atoms with van der Waals surface area (Å²) >= 11 is 5.53. The fourth-order valence-electron chi connectivity index (χ4n) is 2.46. The van der Waals surface area contributed by atoms with Crippen LogP contribution in [0.15, 0.2) is 41.5 Å². The highest BCUT2D eigenvalue weighted by molar-refractivity contribution is 6.53. The van der Waals surface area contributed by atoms with Crippen molar-refractivity contribution in [3.8, 4) is 0 Å². The number of halogens is 4. The number of hydrogen-bond donors (Lipinski definition) is 3. The van der Waals surface area contributed by atoms with Crippen LogP contribution in [0, 0.1) is 6.92 Å². The molecule has 1 heterocycles. The Morgan fingerprint density at radius 2 is 1.93 bits per heavy atom. The van der Waals surface area contributed by atoms with Crippen molar-refractivity contribution in [1.82, 2.24) is 5.43 Å². The van der Waals surface area contributed by atoms with E-state index in [9.17, 15) is 22.8 Å². The SMILES string of the molecule is Cc1ccc2c(c1)C(=NNC(=O)Nc1ccc(Cl)c(C(F)(F)F)c1)C(=O)N2. The molecule has 0 atom stereocenters. The van der Waals surface area contributed by atoms with Crippen molar-refractivity contribution in [2.45, 2.75) is 13.1 Å². The maximum absolute atomic E-state index is 12.9. The van der Waals surface area contributed by atoms with Gasteiger partial charge in [0.25, 0.3) is 5.91 Å². The Bertz CT molecular complexity index is 973. The van der Waals surface area contributed by atoms with Gasteiger partial charge in [-0.1, -0.05) is 23.2 Å². The zero-order chi connectivity index (χ0) is 19.8. The van der Waals surface area contributed by atoms with E-state index in [2.05, 4.69) is 21.2 Å². The molecular weight excluding hydrogens is 385 g/mol. The highest BCUT2D eigenvalue weighted by Gasteiger charge is 2.33. The molecule has 140 valence electrons. The quantitative estimate of drug-likeness (QED) is 0.666. The van der Waals surface area contributed by atoms with E-state index in [1.165, 1.54) is 6.07 Å². The summed E-state index contributed by atoms with van der Waals surface area (Å²) in [5.41, 5.74) is 2.86. The van der Waals surface area contributed by atoms with Gasteiger partial charge in [0, 0.05) is 11.3 Å². The largest absolute Gasteiger partial charge is 0.417 e. The van der Waals surface area contributed by atoms with Gasteiger partial charge >= 0.3 is 12.2 Å². The lowest BCUT2D eigenvalue weighted by Gasteiger charge is -2.11. The number of amides is 3. The van der Waals surface area contributed by atoms with E-state index in [1.807, 2.05) is 6.92 Å². The van der Waals surface area contributed by atoms with Gasteiger partial charge in [0.2, 0.25) is 0 Å². The van der Waals surface area contributed by atoms with Crippen molar-refractivity contribution in [1.29, 1.82) is 0 Å². The summed E-state index contributed by atoms with van der Waals surface area (Å²) in [6.45, 7) is 1.83. The minimum absolute atomic E-state index is 0.00376. The third-order valence-electron chi connectivity index (χ3n) is 3.69. The molecule has 0 aliphatic carbocycles. The van der Waals surface area contributed by atoms with E-state index >= 15 is 0 Å². The van der Waals surface area contributed by atoms with Crippen LogP contribution in [0.25, 0.3) is 0 Å². The predicted molar refractivity (Wildman–Crippen MR) is 95.0 cm³/mol. The molecule has 0 saturated heterocycles. The first-order valence-electron chi connectivity index (χ1n) is 7.59. The second kappa shape index (κ2) is 6.92. The van der Waals surface area contributed by atoms with Gasteiger partial charge in [0.15, 0.2) is 5.71 Å². The average Bonchev–Trinajstić information content (AvgIpc) is 2.88. The van der Waals surface area contributed by atoms with Gasteiger partial charge in [-0.05, 0) is 37.3 Å². The molecule has 0 saturated carbocycles. The summed E-state index contributed by atoms with van der Waals surface area (Å²) in [7, 11) is 0. The van der Waals surface area contributed by atoms with Gasteiger partial charge < -0.3 is 10.6 Å². The van der Waals surface area contributed by atoms with Crippen LogP contribution in [0.2, 0.25) is 5.02 Å². The van der Waals surface area contributed by atoms with Crippen LogP contribution >= 0.6 is 11.6 Å². The van der Waals surface area contributed by atoms with Crippen molar-refractivity contribution in [2.75, 3.05) is 10.6 Å². The first-order chi connectivity index (χ1) is 12.6. The second-order valence-corrected chi connectivity index (χ2v) is 6.13. The lowest BCUT2D eigenvalue weighted by atomic mass is 10.1. The molecule has 27 heavy (non-hydrogen) atoms. The number of rotatable bonds is 2. The van der Waals surface area contributed by atoms with Crippen molar-refractivity contribution in [3.63, 3.8) is 0 Å². The Labute approximate surface area is 156 Å². The molecule has 6 nitrogen and oxygen atoms in total. The van der Waals surface area contributed by atoms with E-state index < -0.39 is 28.7 Å². The van der Waals surface area contributed by atoms with Crippen LogP contribution in [0.5, 0.6) is 0 Å². The molecule has 0 radical (unpaired) electrons. The van der Waals surface area contributed by atoms with Gasteiger partial charge in [-0.15, -0.1) is 0 Å². The van der Waals surface area contributed by atoms with Gasteiger partial charge in [0.1, 0.15) is 0 Å². The van der Waals surface area contributed by atoms with Crippen LogP contribution in [-0.4, -0.2) is 17.6 Å². The van der Waals surface area contributed by atoms with E-state index in [1.54, 1.807) is 18.2 Å². The van der Waals surface area contributed by atoms with Crippen molar-refractivity contribution < 1.29 is 22.8 Å². The summed E-state index contributed by atoms with van der Waals surface area (Å²) in [5, 5.41) is 8.09. The number of aryl methyl sites for hydroxylation is 1. The third-order valence-corrected chi connectivity index (χ3v) is 4.02. The van der Waals surface area contributed by atoms with E-state index in [4.69, 9.17) is 11.6 Å². The summed E-state index contributed by atoms with van der Waals surface area (Å²) in [6, 6.07) is 7.27. The molecule has 10 heteroatoms. The highest BCUT2D eigenvalue weighted by Crippen LogP contribution is 2.36. The lowest BCUT2D eigenvalue weighted by Crippen LogP contribution is -2.27. The van der Waals surface area contributed by atoms with Crippen molar-refractivity contribution in [2.24, 2.45) is 5.10 Å². The van der Waals surface area contributed by atoms with Gasteiger partial charge in [-0.3, -0.25) is 4.79 Å². The molecule has 0 bridgehead atoms. The monoisotopic (exact) mass is 396 g/mol. The Balaban J connectivity index is 1.75. The molecule has 1 aliphatic heterocycles. The number of hydrazone groups is 1. The van der Waals surface area contributed by atoms with E-state index in [0.29, 0.717) is 17.3 Å². The zero-order valence-corrected chi connectivity index (χ0v) is 14.5.